The van der Waals surface area contributed by atoms with Crippen molar-refractivity contribution in [3.63, 3.8) is 0 Å². The number of thiophene rings is 1. The number of aryl methyl sites for hydroxylation is 1. The fourth-order valence-corrected chi connectivity index (χ4v) is 4.26. The summed E-state index contributed by atoms with van der Waals surface area (Å²) in [7, 11) is 0. The van der Waals surface area contributed by atoms with Gasteiger partial charge in [-0.2, -0.15) is 0 Å². The van der Waals surface area contributed by atoms with Crippen LogP contribution in [0.15, 0.2) is 52.1 Å². The van der Waals surface area contributed by atoms with Gasteiger partial charge in [-0.1, -0.05) is 12.2 Å². The molecule has 0 aliphatic carbocycles. The van der Waals surface area contributed by atoms with Gasteiger partial charge in [-0.25, -0.2) is 0 Å². The second kappa shape index (κ2) is 13.1. The van der Waals surface area contributed by atoms with E-state index in [-0.39, 0.29) is 30.0 Å². The van der Waals surface area contributed by atoms with Gasteiger partial charge in [0.15, 0.2) is 5.96 Å². The summed E-state index contributed by atoms with van der Waals surface area (Å²) in [4.78, 5) is 10.1. The number of morpholine rings is 1. The zero-order valence-corrected chi connectivity index (χ0v) is 21.0. The monoisotopic (exact) mass is 544 g/mol. The van der Waals surface area contributed by atoms with E-state index in [1.54, 1.807) is 6.26 Å². The van der Waals surface area contributed by atoms with Crippen LogP contribution in [0.25, 0.3) is 0 Å². The summed E-state index contributed by atoms with van der Waals surface area (Å²) < 4.78 is 11.0. The number of halogens is 1. The molecule has 2 aromatic rings. The van der Waals surface area contributed by atoms with E-state index in [4.69, 9.17) is 14.1 Å². The van der Waals surface area contributed by atoms with Gasteiger partial charge in [0.1, 0.15) is 5.76 Å². The molecule has 1 atom stereocenters. The molecular formula is C22H33IN4O2S. The van der Waals surface area contributed by atoms with Gasteiger partial charge in [0.25, 0.3) is 0 Å². The Kier molecular flexibility index (Phi) is 10.9. The zero-order valence-electron chi connectivity index (χ0n) is 17.9. The lowest BCUT2D eigenvalue weighted by Crippen LogP contribution is -2.42. The van der Waals surface area contributed by atoms with Gasteiger partial charge in [0.2, 0.25) is 0 Å². The molecule has 3 heterocycles. The smallest absolute Gasteiger partial charge is 0.191 e. The van der Waals surface area contributed by atoms with Crippen LogP contribution in [0, 0.1) is 6.92 Å². The van der Waals surface area contributed by atoms with E-state index in [1.807, 2.05) is 30.4 Å². The van der Waals surface area contributed by atoms with Crippen molar-refractivity contribution in [2.24, 2.45) is 4.99 Å². The summed E-state index contributed by atoms with van der Waals surface area (Å²) in [6.07, 6.45) is 2.53. The first-order valence-electron chi connectivity index (χ1n) is 10.2. The molecule has 8 heteroatoms. The molecular weight excluding hydrogens is 511 g/mol. The normalized spacial score (nSPS) is 16.0. The molecule has 166 valence electrons. The predicted octanol–water partition coefficient (Wildman–Crippen LogP) is 3.99. The van der Waals surface area contributed by atoms with Crippen molar-refractivity contribution in [1.82, 2.24) is 15.5 Å². The van der Waals surface area contributed by atoms with Crippen molar-refractivity contribution in [2.45, 2.75) is 26.3 Å². The Hall–Kier alpha value is -1.36. The Labute approximate surface area is 200 Å². The van der Waals surface area contributed by atoms with Crippen molar-refractivity contribution in [1.29, 1.82) is 0 Å². The molecule has 6 nitrogen and oxygen atoms in total. The summed E-state index contributed by atoms with van der Waals surface area (Å²) in [6, 6.07) is 8.61. The fraction of sp³-hybridized carbons (Fsp3) is 0.500. The van der Waals surface area contributed by atoms with Crippen LogP contribution in [-0.4, -0.2) is 56.8 Å². The number of furan rings is 1. The van der Waals surface area contributed by atoms with Gasteiger partial charge < -0.3 is 19.8 Å². The number of hydrogen-bond donors (Lipinski definition) is 2. The van der Waals surface area contributed by atoms with Crippen molar-refractivity contribution in [2.75, 3.05) is 45.9 Å². The highest BCUT2D eigenvalue weighted by Crippen LogP contribution is 2.28. The molecule has 30 heavy (non-hydrogen) atoms. The molecule has 0 aromatic carbocycles. The topological polar surface area (TPSA) is 62.0 Å². The molecule has 0 radical (unpaired) electrons. The summed E-state index contributed by atoms with van der Waals surface area (Å²) in [5, 5.41) is 6.81. The third-order valence-electron chi connectivity index (χ3n) is 4.80. The maximum atomic E-state index is 5.55. The minimum Gasteiger partial charge on any atom is -0.469 e. The minimum atomic E-state index is 0. The summed E-state index contributed by atoms with van der Waals surface area (Å²) >= 11 is 1.86. The predicted molar refractivity (Wildman–Crippen MR) is 135 cm³/mol. The summed E-state index contributed by atoms with van der Waals surface area (Å²) in [5.41, 5.74) is 1.07. The van der Waals surface area contributed by atoms with Crippen molar-refractivity contribution in [3.8, 4) is 0 Å². The van der Waals surface area contributed by atoms with Crippen LogP contribution in [0.3, 0.4) is 0 Å². The average molecular weight is 545 g/mol. The highest BCUT2D eigenvalue weighted by Gasteiger charge is 2.23. The van der Waals surface area contributed by atoms with Crippen LogP contribution in [0.2, 0.25) is 0 Å². The first-order valence-corrected chi connectivity index (χ1v) is 11.0. The van der Waals surface area contributed by atoms with E-state index in [0.29, 0.717) is 13.1 Å². The van der Waals surface area contributed by atoms with E-state index in [1.165, 1.54) is 9.75 Å². The van der Waals surface area contributed by atoms with E-state index < -0.39 is 0 Å². The maximum Gasteiger partial charge on any atom is 0.191 e. The van der Waals surface area contributed by atoms with Crippen molar-refractivity contribution >= 4 is 41.3 Å². The first-order chi connectivity index (χ1) is 14.1. The molecule has 2 aromatic heterocycles. The number of aliphatic imine (C=N–C) groups is 1. The van der Waals surface area contributed by atoms with Gasteiger partial charge in [0.05, 0.1) is 32.1 Å². The Bertz CT molecular complexity index is 785. The molecule has 0 amide bonds. The SMILES string of the molecule is C=C(C)CNC(=NCC(c1ccc(C)s1)N1CCOCC1)NCCc1ccco1.I. The lowest BCUT2D eigenvalue weighted by Gasteiger charge is -2.33. The Balaban J connectivity index is 0.00000320. The highest BCUT2D eigenvalue weighted by atomic mass is 127. The largest absolute Gasteiger partial charge is 0.469 e. The Morgan fingerprint density at radius 3 is 2.70 bits per heavy atom. The molecule has 0 saturated carbocycles. The standard InChI is InChI=1S/C22H32N4O2S.HI/c1-17(2)15-24-22(23-9-8-19-5-4-12-28-19)25-16-20(21-7-6-18(3)29-21)26-10-13-27-14-11-26;/h4-7,12,20H,1,8-11,13-16H2,2-3H3,(H2,23,24,25);1H. The highest BCUT2D eigenvalue weighted by molar-refractivity contribution is 14.0. The number of nitrogens with one attached hydrogen (secondary N) is 2. The van der Waals surface area contributed by atoms with Gasteiger partial charge in [0, 0.05) is 42.4 Å². The molecule has 1 unspecified atom stereocenters. The molecule has 1 fully saturated rings. The maximum absolute atomic E-state index is 5.55. The zero-order chi connectivity index (χ0) is 20.5. The molecule has 1 aliphatic heterocycles. The van der Waals surface area contributed by atoms with Crippen LogP contribution < -0.4 is 10.6 Å². The fourth-order valence-electron chi connectivity index (χ4n) is 3.25. The number of nitrogens with zero attached hydrogens (tertiary/aromatic N) is 2. The average Bonchev–Trinajstić information content (AvgIpc) is 3.38. The first kappa shape index (κ1) is 24.9. The van der Waals surface area contributed by atoms with Crippen LogP contribution in [0.5, 0.6) is 0 Å². The van der Waals surface area contributed by atoms with Gasteiger partial charge >= 0.3 is 0 Å². The lowest BCUT2D eigenvalue weighted by molar-refractivity contribution is 0.0186. The second-order valence-electron chi connectivity index (χ2n) is 7.37. The minimum absolute atomic E-state index is 0. The third-order valence-corrected chi connectivity index (χ3v) is 5.90. The molecule has 1 aliphatic rings. The number of rotatable bonds is 9. The van der Waals surface area contributed by atoms with E-state index in [2.05, 4.69) is 41.2 Å². The van der Waals surface area contributed by atoms with Crippen LogP contribution in [0.1, 0.15) is 28.5 Å². The Morgan fingerprint density at radius 2 is 2.07 bits per heavy atom. The quantitative estimate of drug-likeness (QED) is 0.216. The van der Waals surface area contributed by atoms with Crippen molar-refractivity contribution in [3.05, 3.63) is 58.2 Å². The summed E-state index contributed by atoms with van der Waals surface area (Å²) in [6.45, 7) is 13.8. The number of ether oxygens (including phenoxy) is 1. The molecule has 0 spiro atoms. The van der Waals surface area contributed by atoms with Crippen LogP contribution >= 0.6 is 35.3 Å². The van der Waals surface area contributed by atoms with Gasteiger partial charge in [-0.3, -0.25) is 9.89 Å². The van der Waals surface area contributed by atoms with Gasteiger partial charge in [-0.15, -0.1) is 35.3 Å². The van der Waals surface area contributed by atoms with E-state index in [9.17, 15) is 0 Å². The van der Waals surface area contributed by atoms with E-state index >= 15 is 0 Å². The summed E-state index contributed by atoms with van der Waals surface area (Å²) in [5.74, 6) is 1.78. The van der Waals surface area contributed by atoms with Gasteiger partial charge in [-0.05, 0) is 38.1 Å². The van der Waals surface area contributed by atoms with Crippen LogP contribution in [0.4, 0.5) is 0 Å². The molecule has 2 N–H and O–H groups in total. The second-order valence-corrected chi connectivity index (χ2v) is 8.69. The third kappa shape index (κ3) is 8.05. The number of guanidine groups is 1. The Morgan fingerprint density at radius 1 is 1.27 bits per heavy atom. The molecule has 0 bridgehead atoms. The lowest BCUT2D eigenvalue weighted by atomic mass is 10.2. The van der Waals surface area contributed by atoms with Crippen LogP contribution in [-0.2, 0) is 11.2 Å². The van der Waals surface area contributed by atoms with Crippen molar-refractivity contribution < 1.29 is 9.15 Å². The number of hydrogen-bond acceptors (Lipinski definition) is 5. The molecule has 3 rings (SSSR count). The molecule has 1 saturated heterocycles. The van der Waals surface area contributed by atoms with E-state index in [0.717, 1.165) is 56.6 Å².